The maximum Gasteiger partial charge on any atom is 0.0765 e. The smallest absolute Gasteiger partial charge is 0.0765 e. The molecule has 1 saturated heterocycles. The lowest BCUT2D eigenvalue weighted by Crippen LogP contribution is -2.55. The third-order valence-corrected chi connectivity index (χ3v) is 5.55. The summed E-state index contributed by atoms with van der Waals surface area (Å²) in [4.78, 5) is 2.68. The highest BCUT2D eigenvalue weighted by Crippen LogP contribution is 2.36. The maximum absolute atomic E-state index is 4.88. The highest BCUT2D eigenvalue weighted by Gasteiger charge is 2.38. The quantitative estimate of drug-likeness (QED) is 0.924. The maximum atomic E-state index is 4.88. The van der Waals surface area contributed by atoms with Crippen LogP contribution in [0.4, 0.5) is 0 Å². The van der Waals surface area contributed by atoms with E-state index in [2.05, 4.69) is 34.1 Å². The van der Waals surface area contributed by atoms with Crippen LogP contribution in [0.5, 0.6) is 0 Å². The molecule has 0 radical (unpaired) electrons. The van der Waals surface area contributed by atoms with Crippen molar-refractivity contribution in [3.63, 3.8) is 0 Å². The van der Waals surface area contributed by atoms with Crippen molar-refractivity contribution < 1.29 is 0 Å². The molecule has 0 amide bonds. The van der Waals surface area contributed by atoms with Crippen molar-refractivity contribution in [2.24, 2.45) is 5.92 Å². The van der Waals surface area contributed by atoms with Crippen LogP contribution in [-0.2, 0) is 6.54 Å². The predicted molar refractivity (Wildman–Crippen MR) is 84.1 cm³/mol. The molecule has 116 valence electrons. The summed E-state index contributed by atoms with van der Waals surface area (Å²) in [5.41, 5.74) is 1.27. The molecule has 2 saturated carbocycles. The summed E-state index contributed by atoms with van der Waals surface area (Å²) in [6.45, 7) is 5.66. The van der Waals surface area contributed by atoms with Crippen molar-refractivity contribution in [3.8, 4) is 0 Å². The van der Waals surface area contributed by atoms with Gasteiger partial charge >= 0.3 is 0 Å². The van der Waals surface area contributed by atoms with Gasteiger partial charge in [-0.2, -0.15) is 5.10 Å². The van der Waals surface area contributed by atoms with Gasteiger partial charge in [0.1, 0.15) is 0 Å². The number of hydrogen-bond donors (Lipinski definition) is 1. The second-order valence-corrected chi connectivity index (χ2v) is 7.37. The van der Waals surface area contributed by atoms with E-state index < -0.39 is 0 Å². The first kappa shape index (κ1) is 13.8. The fourth-order valence-electron chi connectivity index (χ4n) is 4.17. The van der Waals surface area contributed by atoms with E-state index in [9.17, 15) is 0 Å². The van der Waals surface area contributed by atoms with Crippen molar-refractivity contribution in [1.82, 2.24) is 20.0 Å². The third-order valence-electron chi connectivity index (χ3n) is 5.55. The van der Waals surface area contributed by atoms with E-state index in [1.165, 1.54) is 44.2 Å². The molecule has 1 aliphatic heterocycles. The molecule has 2 heterocycles. The van der Waals surface area contributed by atoms with Gasteiger partial charge < -0.3 is 5.32 Å². The Bertz CT molecular complexity index is 473. The first-order valence-corrected chi connectivity index (χ1v) is 8.81. The number of nitrogens with one attached hydrogen (secondary N) is 1. The van der Waals surface area contributed by atoms with E-state index in [1.807, 2.05) is 0 Å². The fraction of sp³-hybridized carbons (Fsp3) is 0.824. The van der Waals surface area contributed by atoms with Gasteiger partial charge in [-0.1, -0.05) is 12.8 Å². The van der Waals surface area contributed by atoms with E-state index in [1.54, 1.807) is 0 Å². The minimum absolute atomic E-state index is 0.608. The fourth-order valence-corrected chi connectivity index (χ4v) is 4.17. The van der Waals surface area contributed by atoms with Crippen LogP contribution >= 0.6 is 0 Å². The molecule has 1 N–H and O–H groups in total. The molecular formula is C17H28N4. The first-order chi connectivity index (χ1) is 10.3. The Morgan fingerprint density at radius 3 is 2.81 bits per heavy atom. The van der Waals surface area contributed by atoms with Gasteiger partial charge in [0, 0.05) is 37.9 Å². The number of nitrogens with zero attached hydrogens (tertiary/aromatic N) is 3. The summed E-state index contributed by atoms with van der Waals surface area (Å²) < 4.78 is 2.24. The Hall–Kier alpha value is -0.870. The molecule has 4 heteroatoms. The van der Waals surface area contributed by atoms with E-state index in [0.717, 1.165) is 31.6 Å². The van der Waals surface area contributed by atoms with Crippen molar-refractivity contribution in [1.29, 1.82) is 0 Å². The largest absolute Gasteiger partial charge is 0.311 e. The number of rotatable bonds is 4. The lowest BCUT2D eigenvalue weighted by atomic mass is 10.1. The zero-order valence-electron chi connectivity index (χ0n) is 13.2. The van der Waals surface area contributed by atoms with Gasteiger partial charge in [-0.05, 0) is 44.6 Å². The molecule has 2 aliphatic carbocycles. The molecule has 21 heavy (non-hydrogen) atoms. The highest BCUT2D eigenvalue weighted by atomic mass is 15.3. The average molecular weight is 288 g/mol. The molecule has 0 spiro atoms. The van der Waals surface area contributed by atoms with Crippen molar-refractivity contribution in [3.05, 3.63) is 18.0 Å². The molecule has 1 aromatic rings. The second kappa shape index (κ2) is 5.73. The minimum atomic E-state index is 0.608. The zero-order chi connectivity index (χ0) is 14.2. The lowest BCUT2D eigenvalue weighted by molar-refractivity contribution is 0.110. The van der Waals surface area contributed by atoms with E-state index in [-0.39, 0.29) is 0 Å². The van der Waals surface area contributed by atoms with Crippen LogP contribution < -0.4 is 5.32 Å². The van der Waals surface area contributed by atoms with Gasteiger partial charge in [-0.15, -0.1) is 0 Å². The third kappa shape index (κ3) is 3.02. The monoisotopic (exact) mass is 288 g/mol. The van der Waals surface area contributed by atoms with Crippen molar-refractivity contribution in [2.45, 2.75) is 70.1 Å². The molecule has 3 fully saturated rings. The highest BCUT2D eigenvalue weighted by molar-refractivity contribution is 5.03. The van der Waals surface area contributed by atoms with Crippen LogP contribution in [0.15, 0.2) is 12.3 Å². The molecular weight excluding hydrogens is 260 g/mol. The molecule has 4 nitrogen and oxygen atoms in total. The minimum Gasteiger partial charge on any atom is -0.311 e. The van der Waals surface area contributed by atoms with Gasteiger partial charge in [0.25, 0.3) is 0 Å². The van der Waals surface area contributed by atoms with Gasteiger partial charge in [-0.3, -0.25) is 9.58 Å². The molecule has 2 atom stereocenters. The summed E-state index contributed by atoms with van der Waals surface area (Å²) in [6, 6.07) is 4.25. The summed E-state index contributed by atoms with van der Waals surface area (Å²) >= 11 is 0. The first-order valence-electron chi connectivity index (χ1n) is 8.81. The summed E-state index contributed by atoms with van der Waals surface area (Å²) in [7, 11) is 0. The molecule has 0 aromatic carbocycles. The van der Waals surface area contributed by atoms with Crippen molar-refractivity contribution >= 4 is 0 Å². The van der Waals surface area contributed by atoms with E-state index >= 15 is 0 Å². The summed E-state index contributed by atoms with van der Waals surface area (Å²) in [6.07, 6.45) is 10.4. The average Bonchev–Trinajstić information content (AvgIpc) is 2.99. The second-order valence-electron chi connectivity index (χ2n) is 7.37. The normalized spacial score (nSPS) is 31.9. The summed E-state index contributed by atoms with van der Waals surface area (Å²) in [5.74, 6) is 0.932. The zero-order valence-corrected chi connectivity index (χ0v) is 13.2. The van der Waals surface area contributed by atoms with Gasteiger partial charge in [0.2, 0.25) is 0 Å². The Morgan fingerprint density at radius 1 is 1.24 bits per heavy atom. The van der Waals surface area contributed by atoms with Crippen LogP contribution in [0.3, 0.4) is 0 Å². The van der Waals surface area contributed by atoms with Gasteiger partial charge in [0.15, 0.2) is 0 Å². The van der Waals surface area contributed by atoms with Crippen LogP contribution in [0.1, 0.15) is 57.2 Å². The molecule has 1 aromatic heterocycles. The number of hydrogen-bond acceptors (Lipinski definition) is 3. The number of aromatic nitrogens is 2. The Balaban J connectivity index is 1.43. The Morgan fingerprint density at radius 2 is 2.05 bits per heavy atom. The van der Waals surface area contributed by atoms with E-state index in [0.29, 0.717) is 12.1 Å². The topological polar surface area (TPSA) is 33.1 Å². The Labute approximate surface area is 127 Å². The van der Waals surface area contributed by atoms with Gasteiger partial charge in [0.05, 0.1) is 11.7 Å². The molecule has 0 bridgehead atoms. The van der Waals surface area contributed by atoms with Crippen molar-refractivity contribution in [2.75, 3.05) is 13.1 Å². The van der Waals surface area contributed by atoms with Crippen LogP contribution in [0.2, 0.25) is 0 Å². The number of piperazine rings is 1. The predicted octanol–water partition coefficient (Wildman–Crippen LogP) is 2.57. The standard InChI is InChI=1S/C17H28N4/c1-13-11-20(17(10-18-13)14-6-7-14)12-15-8-9-21(19-15)16-4-2-3-5-16/h8-9,13-14,16-18H,2-7,10-12H2,1H3. The molecule has 4 rings (SSSR count). The van der Waals surface area contributed by atoms with Crippen LogP contribution in [0, 0.1) is 5.92 Å². The SMILES string of the molecule is CC1CN(Cc2ccn(C3CCCC3)n2)C(C2CC2)CN1. The Kier molecular flexibility index (Phi) is 3.76. The van der Waals surface area contributed by atoms with Crippen LogP contribution in [-0.4, -0.2) is 39.9 Å². The van der Waals surface area contributed by atoms with E-state index in [4.69, 9.17) is 5.10 Å². The molecule has 2 unspecified atom stereocenters. The lowest BCUT2D eigenvalue weighted by Gasteiger charge is -2.39. The van der Waals surface area contributed by atoms with Crippen LogP contribution in [0.25, 0.3) is 0 Å². The molecule has 3 aliphatic rings. The summed E-state index contributed by atoms with van der Waals surface area (Å²) in [5, 5.41) is 8.53. The van der Waals surface area contributed by atoms with Gasteiger partial charge in [-0.25, -0.2) is 0 Å².